The number of carbonyl (C=O) groups is 4. The second kappa shape index (κ2) is 16.1. The number of para-hydroxylation sites is 1. The van der Waals surface area contributed by atoms with Gasteiger partial charge in [0.2, 0.25) is 18.2 Å². The molecule has 0 radical (unpaired) electrons. The number of imide groups is 2. The molecule has 3 aromatic rings. The van der Waals surface area contributed by atoms with Gasteiger partial charge in [-0.05, 0) is 99.8 Å². The van der Waals surface area contributed by atoms with E-state index in [-0.39, 0.29) is 24.2 Å². The molecular weight excluding hydrogens is 718 g/mol. The first-order chi connectivity index (χ1) is 27.1. The highest BCUT2D eigenvalue weighted by Gasteiger charge is 2.37. The van der Waals surface area contributed by atoms with Crippen LogP contribution in [-0.2, 0) is 14.4 Å². The fourth-order valence-corrected chi connectivity index (χ4v) is 9.26. The van der Waals surface area contributed by atoms with E-state index in [1.807, 2.05) is 23.1 Å². The van der Waals surface area contributed by atoms with Crippen molar-refractivity contribution in [2.45, 2.75) is 57.5 Å². The van der Waals surface area contributed by atoms with Gasteiger partial charge >= 0.3 is 0 Å². The van der Waals surface area contributed by atoms with Gasteiger partial charge in [-0.15, -0.1) is 10.2 Å². The number of aryl methyl sites for hydroxylation is 1. The molecule has 5 aliphatic rings. The number of phenols is 1. The Morgan fingerprint density at radius 1 is 0.929 bits per heavy atom. The minimum absolute atomic E-state index is 0.0312. The number of fused-ring (bicyclic) bond motifs is 3. The lowest BCUT2D eigenvalue weighted by Crippen LogP contribution is -2.58. The highest BCUT2D eigenvalue weighted by atomic mass is 19.1. The summed E-state index contributed by atoms with van der Waals surface area (Å²) in [6, 6.07) is 11.4. The number of rotatable bonds is 9. The number of benzene rings is 2. The summed E-state index contributed by atoms with van der Waals surface area (Å²) in [6.45, 7) is 11.0. The molecule has 6 heterocycles. The van der Waals surface area contributed by atoms with E-state index in [9.17, 15) is 24.3 Å². The monoisotopic (exact) mass is 767 g/mol. The van der Waals surface area contributed by atoms with Crippen molar-refractivity contribution < 1.29 is 28.7 Å². The molecule has 0 saturated carbocycles. The normalized spacial score (nSPS) is 22.5. The SMILES string of the molecule is Cc1cc(F)c(N2CCC(CN3CCC(CN4CCN5c6cc(-c7ccccc7O)nnc6NCC5C4)CC3)CC2)cc1C(=O)N(C=O)C1CCC(=O)NC1=O. The minimum Gasteiger partial charge on any atom is -0.507 e. The van der Waals surface area contributed by atoms with Crippen molar-refractivity contribution in [2.24, 2.45) is 11.8 Å². The number of nitrogens with zero attached hydrogens (tertiary/aromatic N) is 7. The standard InChI is InChI=1S/C41H50FN9O5/c1-26-18-32(42)35(19-31(26)41(56)51(25-52)34-6-7-38(54)44-40(34)55)49-14-10-28(11-15-49)22-47-12-8-27(9-13-47)23-48-16-17-50-29(24-48)21-43-39-36(50)20-33(45-46-39)30-4-2-3-5-37(30)53/h2-5,18-20,25,27-29,34,53H,6-17,21-24H2,1H3,(H,43,46)(H,44,54,55). The molecule has 8 rings (SSSR count). The van der Waals surface area contributed by atoms with Crippen LogP contribution in [0.2, 0.25) is 0 Å². The number of amides is 4. The summed E-state index contributed by atoms with van der Waals surface area (Å²) in [5.74, 6) is -0.0661. The number of hydrogen-bond acceptors (Lipinski definition) is 12. The maximum Gasteiger partial charge on any atom is 0.261 e. The lowest BCUT2D eigenvalue weighted by Gasteiger charge is -2.47. The summed E-state index contributed by atoms with van der Waals surface area (Å²) in [5.41, 5.74) is 3.27. The minimum atomic E-state index is -1.08. The van der Waals surface area contributed by atoms with Gasteiger partial charge in [-0.1, -0.05) is 12.1 Å². The molecule has 3 N–H and O–H groups in total. The van der Waals surface area contributed by atoms with Crippen molar-refractivity contribution in [2.75, 3.05) is 80.6 Å². The fourth-order valence-electron chi connectivity index (χ4n) is 9.26. The van der Waals surface area contributed by atoms with E-state index >= 15 is 4.39 Å². The second-order valence-corrected chi connectivity index (χ2v) is 16.0. The molecule has 2 aromatic carbocycles. The van der Waals surface area contributed by atoms with Crippen molar-refractivity contribution in [3.63, 3.8) is 0 Å². The average molecular weight is 768 g/mol. The van der Waals surface area contributed by atoms with Crippen LogP contribution in [-0.4, -0.2) is 132 Å². The summed E-state index contributed by atoms with van der Waals surface area (Å²) >= 11 is 0. The van der Waals surface area contributed by atoms with Gasteiger partial charge in [0.15, 0.2) is 5.82 Å². The summed E-state index contributed by atoms with van der Waals surface area (Å²) in [7, 11) is 0. The number of aromatic hydroxyl groups is 1. The molecule has 4 fully saturated rings. The number of piperazine rings is 1. The first kappa shape index (κ1) is 37.8. The number of nitrogens with one attached hydrogen (secondary N) is 2. The van der Waals surface area contributed by atoms with Crippen LogP contribution in [0.15, 0.2) is 42.5 Å². The molecule has 4 amide bonds. The first-order valence-corrected chi connectivity index (χ1v) is 19.9. The van der Waals surface area contributed by atoms with E-state index < -0.39 is 29.6 Å². The van der Waals surface area contributed by atoms with Crippen LogP contribution >= 0.6 is 0 Å². The highest BCUT2D eigenvalue weighted by molar-refractivity contribution is 6.08. The number of likely N-dealkylation sites (tertiary alicyclic amines) is 1. The van der Waals surface area contributed by atoms with Gasteiger partial charge < -0.3 is 25.1 Å². The predicted molar refractivity (Wildman–Crippen MR) is 209 cm³/mol. The summed E-state index contributed by atoms with van der Waals surface area (Å²) in [6.07, 6.45) is 4.58. The molecule has 296 valence electrons. The van der Waals surface area contributed by atoms with Crippen molar-refractivity contribution in [3.8, 4) is 17.0 Å². The Hall–Kier alpha value is -5.15. The van der Waals surface area contributed by atoms with E-state index in [1.54, 1.807) is 19.1 Å². The highest BCUT2D eigenvalue weighted by Crippen LogP contribution is 2.37. The van der Waals surface area contributed by atoms with Crippen molar-refractivity contribution in [1.29, 1.82) is 0 Å². The van der Waals surface area contributed by atoms with Crippen LogP contribution in [0.5, 0.6) is 5.75 Å². The maximum atomic E-state index is 15.4. The molecular formula is C41H50FN9O5. The molecule has 0 spiro atoms. The van der Waals surface area contributed by atoms with Gasteiger partial charge in [-0.2, -0.15) is 0 Å². The quantitative estimate of drug-likeness (QED) is 0.217. The Morgan fingerprint density at radius 2 is 1.66 bits per heavy atom. The maximum absolute atomic E-state index is 15.4. The van der Waals surface area contributed by atoms with Crippen LogP contribution in [0, 0.1) is 24.6 Å². The largest absolute Gasteiger partial charge is 0.507 e. The first-order valence-electron chi connectivity index (χ1n) is 19.9. The van der Waals surface area contributed by atoms with Crippen LogP contribution < -0.4 is 20.4 Å². The fraction of sp³-hybridized carbons (Fsp3) is 0.512. The van der Waals surface area contributed by atoms with Crippen molar-refractivity contribution in [1.82, 2.24) is 30.2 Å². The molecule has 5 aliphatic heterocycles. The van der Waals surface area contributed by atoms with Gasteiger partial charge in [0.05, 0.1) is 23.1 Å². The lowest BCUT2D eigenvalue weighted by atomic mass is 9.91. The zero-order chi connectivity index (χ0) is 38.9. The number of carbonyl (C=O) groups excluding carboxylic acids is 4. The molecule has 0 bridgehead atoms. The smallest absolute Gasteiger partial charge is 0.261 e. The summed E-state index contributed by atoms with van der Waals surface area (Å²) in [4.78, 5) is 60.0. The van der Waals surface area contributed by atoms with E-state index in [1.165, 1.54) is 25.0 Å². The average Bonchev–Trinajstić information content (AvgIpc) is 3.20. The lowest BCUT2D eigenvalue weighted by molar-refractivity contribution is -0.139. The molecule has 2 atom stereocenters. The Bertz CT molecular complexity index is 1980. The third kappa shape index (κ3) is 7.79. The molecule has 2 unspecified atom stereocenters. The number of piperidine rings is 3. The second-order valence-electron chi connectivity index (χ2n) is 16.0. The number of halogens is 1. The zero-order valence-corrected chi connectivity index (χ0v) is 31.8. The van der Waals surface area contributed by atoms with Gasteiger partial charge in [0.25, 0.3) is 5.91 Å². The summed E-state index contributed by atoms with van der Waals surface area (Å²) in [5, 5.41) is 24.9. The number of hydrogen-bond donors (Lipinski definition) is 3. The molecule has 14 nitrogen and oxygen atoms in total. The van der Waals surface area contributed by atoms with E-state index in [2.05, 4.69) is 35.5 Å². The predicted octanol–water partition coefficient (Wildman–Crippen LogP) is 3.25. The zero-order valence-electron chi connectivity index (χ0n) is 31.8. The third-order valence-corrected chi connectivity index (χ3v) is 12.4. The Kier molecular flexibility index (Phi) is 10.9. The van der Waals surface area contributed by atoms with Gasteiger partial charge in [-0.25, -0.2) is 4.39 Å². The van der Waals surface area contributed by atoms with Crippen molar-refractivity contribution >= 4 is 41.3 Å². The van der Waals surface area contributed by atoms with Gasteiger partial charge in [0, 0.05) is 69.9 Å². The van der Waals surface area contributed by atoms with E-state index in [0.29, 0.717) is 59.9 Å². The van der Waals surface area contributed by atoms with Crippen LogP contribution in [0.25, 0.3) is 11.3 Å². The Labute approximate surface area is 326 Å². The number of anilines is 3. The number of phenolic OH excluding ortho intramolecular Hbond substituents is 1. The Morgan fingerprint density at radius 3 is 2.39 bits per heavy atom. The van der Waals surface area contributed by atoms with E-state index in [4.69, 9.17) is 0 Å². The number of aromatic nitrogens is 2. The molecule has 0 aliphatic carbocycles. The Balaban J connectivity index is 0.801. The van der Waals surface area contributed by atoms with Crippen LogP contribution in [0.1, 0.15) is 54.4 Å². The molecule has 15 heteroatoms. The van der Waals surface area contributed by atoms with Crippen molar-refractivity contribution in [3.05, 3.63) is 59.4 Å². The molecule has 1 aromatic heterocycles. The van der Waals surface area contributed by atoms with Crippen LogP contribution in [0.4, 0.5) is 21.6 Å². The van der Waals surface area contributed by atoms with Crippen LogP contribution in [0.3, 0.4) is 0 Å². The summed E-state index contributed by atoms with van der Waals surface area (Å²) < 4.78 is 15.4. The third-order valence-electron chi connectivity index (χ3n) is 12.4. The molecule has 56 heavy (non-hydrogen) atoms. The topological polar surface area (TPSA) is 155 Å². The molecule has 4 saturated heterocycles. The van der Waals surface area contributed by atoms with Gasteiger partial charge in [-0.3, -0.25) is 34.3 Å². The van der Waals surface area contributed by atoms with Gasteiger partial charge in [0.1, 0.15) is 17.6 Å². The van der Waals surface area contributed by atoms with E-state index in [0.717, 1.165) is 81.6 Å².